The van der Waals surface area contributed by atoms with Crippen molar-refractivity contribution in [3.63, 3.8) is 0 Å². The number of hydrogen-bond donors (Lipinski definition) is 2. The molecular weight excluding hydrogens is 210 g/mol. The summed E-state index contributed by atoms with van der Waals surface area (Å²) in [5.41, 5.74) is 4.76. The summed E-state index contributed by atoms with van der Waals surface area (Å²) in [4.78, 5) is 16.4. The average molecular weight is 227 g/mol. The first-order valence-electron chi connectivity index (χ1n) is 4.84. The molecule has 4 nitrogen and oxygen atoms in total. The Morgan fingerprint density at radius 3 is 2.80 bits per heavy atom. The zero-order chi connectivity index (χ0) is 11.5. The molecule has 1 heterocycles. The molecule has 15 heavy (non-hydrogen) atoms. The second-order valence-electron chi connectivity index (χ2n) is 4.20. The molecule has 0 fully saturated rings. The molecule has 84 valence electrons. The van der Waals surface area contributed by atoms with Gasteiger partial charge >= 0.3 is 0 Å². The van der Waals surface area contributed by atoms with Crippen molar-refractivity contribution in [3.8, 4) is 0 Å². The highest BCUT2D eigenvalue weighted by Gasteiger charge is 2.23. The molecule has 0 spiro atoms. The summed E-state index contributed by atoms with van der Waals surface area (Å²) in [5, 5.41) is 4.26. The maximum Gasteiger partial charge on any atom is 0.224 e. The molecule has 0 saturated carbocycles. The van der Waals surface area contributed by atoms with Crippen molar-refractivity contribution < 1.29 is 4.79 Å². The molecule has 0 atom stereocenters. The fraction of sp³-hybridized carbons (Fsp3) is 0.600. The molecular formula is C10H17N3OS. The maximum atomic E-state index is 11.0. The van der Waals surface area contributed by atoms with Crippen LogP contribution in [-0.2, 0) is 11.3 Å². The lowest BCUT2D eigenvalue weighted by atomic mass is 9.93. The zero-order valence-electron chi connectivity index (χ0n) is 9.33. The van der Waals surface area contributed by atoms with E-state index in [4.69, 9.17) is 5.73 Å². The summed E-state index contributed by atoms with van der Waals surface area (Å²) in [6.07, 6.45) is 1.85. The van der Waals surface area contributed by atoms with Crippen molar-refractivity contribution >= 4 is 17.2 Å². The molecule has 0 bridgehead atoms. The number of thiazole rings is 1. The molecule has 0 aliphatic rings. The van der Waals surface area contributed by atoms with E-state index >= 15 is 0 Å². The summed E-state index contributed by atoms with van der Waals surface area (Å²) in [7, 11) is 0. The lowest BCUT2D eigenvalue weighted by molar-refractivity contribution is -0.125. The second kappa shape index (κ2) is 4.72. The van der Waals surface area contributed by atoms with Crippen LogP contribution in [0.3, 0.4) is 0 Å². The summed E-state index contributed by atoms with van der Waals surface area (Å²) >= 11 is 1.66. The van der Waals surface area contributed by atoms with Crippen LogP contribution in [0, 0.1) is 12.3 Å². The van der Waals surface area contributed by atoms with E-state index in [-0.39, 0.29) is 5.91 Å². The highest BCUT2D eigenvalue weighted by molar-refractivity contribution is 7.11. The third-order valence-corrected chi connectivity index (χ3v) is 3.12. The molecule has 0 aromatic carbocycles. The van der Waals surface area contributed by atoms with Gasteiger partial charge in [0.05, 0.1) is 10.4 Å². The van der Waals surface area contributed by atoms with E-state index in [1.807, 2.05) is 27.0 Å². The Labute approximate surface area is 93.9 Å². The van der Waals surface area contributed by atoms with Crippen LogP contribution >= 0.6 is 11.3 Å². The van der Waals surface area contributed by atoms with Gasteiger partial charge in [-0.1, -0.05) is 0 Å². The average Bonchev–Trinajstić information content (AvgIpc) is 2.51. The number of rotatable bonds is 5. The van der Waals surface area contributed by atoms with E-state index in [1.54, 1.807) is 11.3 Å². The molecule has 0 unspecified atom stereocenters. The van der Waals surface area contributed by atoms with E-state index in [2.05, 4.69) is 10.3 Å². The first kappa shape index (κ1) is 12.1. The Hall–Kier alpha value is -0.940. The Balaban J connectivity index is 2.36. The van der Waals surface area contributed by atoms with Gasteiger partial charge in [-0.25, -0.2) is 4.98 Å². The highest BCUT2D eigenvalue weighted by Crippen LogP contribution is 2.14. The second-order valence-corrected chi connectivity index (χ2v) is 5.52. The van der Waals surface area contributed by atoms with Crippen molar-refractivity contribution in [2.75, 3.05) is 6.54 Å². The number of aryl methyl sites for hydroxylation is 1. The standard InChI is InChI=1S/C10H17N3OS/c1-7-13-5-8(15-7)4-12-6-10(2,3)9(11)14/h5,12H,4,6H2,1-3H3,(H2,11,14). The molecule has 1 rings (SSSR count). The highest BCUT2D eigenvalue weighted by atomic mass is 32.1. The van der Waals surface area contributed by atoms with Crippen molar-refractivity contribution in [2.45, 2.75) is 27.3 Å². The van der Waals surface area contributed by atoms with E-state index in [9.17, 15) is 4.79 Å². The third kappa shape index (κ3) is 3.60. The largest absolute Gasteiger partial charge is 0.369 e. The summed E-state index contributed by atoms with van der Waals surface area (Å²) in [6, 6.07) is 0. The van der Waals surface area contributed by atoms with E-state index in [0.717, 1.165) is 11.6 Å². The zero-order valence-corrected chi connectivity index (χ0v) is 10.1. The Bertz CT molecular complexity index is 346. The molecule has 1 aromatic heterocycles. The van der Waals surface area contributed by atoms with Gasteiger partial charge in [0.2, 0.25) is 5.91 Å². The van der Waals surface area contributed by atoms with Crippen LogP contribution in [-0.4, -0.2) is 17.4 Å². The molecule has 0 radical (unpaired) electrons. The van der Waals surface area contributed by atoms with Gasteiger partial charge in [0.15, 0.2) is 0 Å². The van der Waals surface area contributed by atoms with Gasteiger partial charge in [-0.3, -0.25) is 4.79 Å². The number of hydrogen-bond acceptors (Lipinski definition) is 4. The van der Waals surface area contributed by atoms with Crippen molar-refractivity contribution in [1.29, 1.82) is 0 Å². The lowest BCUT2D eigenvalue weighted by Gasteiger charge is -2.20. The summed E-state index contributed by atoms with van der Waals surface area (Å²) < 4.78 is 0. The first-order chi connectivity index (χ1) is 6.92. The molecule has 3 N–H and O–H groups in total. The maximum absolute atomic E-state index is 11.0. The van der Waals surface area contributed by atoms with Crippen LogP contribution in [0.1, 0.15) is 23.7 Å². The Kier molecular flexibility index (Phi) is 3.82. The van der Waals surface area contributed by atoms with E-state index in [0.29, 0.717) is 6.54 Å². The van der Waals surface area contributed by atoms with Crippen molar-refractivity contribution in [1.82, 2.24) is 10.3 Å². The van der Waals surface area contributed by atoms with Gasteiger partial charge in [-0.05, 0) is 20.8 Å². The van der Waals surface area contributed by atoms with Gasteiger partial charge in [-0.2, -0.15) is 0 Å². The monoisotopic (exact) mass is 227 g/mol. The van der Waals surface area contributed by atoms with E-state index < -0.39 is 5.41 Å². The number of aromatic nitrogens is 1. The molecule has 0 aliphatic carbocycles. The van der Waals surface area contributed by atoms with Crippen LogP contribution in [0.15, 0.2) is 6.20 Å². The number of amides is 1. The quantitative estimate of drug-likeness (QED) is 0.790. The van der Waals surface area contributed by atoms with Gasteiger partial charge in [0.25, 0.3) is 0 Å². The minimum atomic E-state index is -0.500. The fourth-order valence-electron chi connectivity index (χ4n) is 1.07. The number of nitrogens with zero attached hydrogens (tertiary/aromatic N) is 1. The van der Waals surface area contributed by atoms with E-state index in [1.165, 1.54) is 4.88 Å². The molecule has 0 aliphatic heterocycles. The normalized spacial score (nSPS) is 11.7. The van der Waals surface area contributed by atoms with Crippen LogP contribution < -0.4 is 11.1 Å². The van der Waals surface area contributed by atoms with Crippen molar-refractivity contribution in [3.05, 3.63) is 16.1 Å². The Morgan fingerprint density at radius 1 is 1.67 bits per heavy atom. The fourth-order valence-corrected chi connectivity index (χ4v) is 1.84. The number of nitrogens with one attached hydrogen (secondary N) is 1. The summed E-state index contributed by atoms with van der Waals surface area (Å²) in [5.74, 6) is -0.282. The topological polar surface area (TPSA) is 68.0 Å². The van der Waals surface area contributed by atoms with Crippen LogP contribution in [0.4, 0.5) is 0 Å². The lowest BCUT2D eigenvalue weighted by Crippen LogP contribution is -2.40. The molecule has 1 aromatic rings. The first-order valence-corrected chi connectivity index (χ1v) is 5.65. The summed E-state index contributed by atoms with van der Waals surface area (Å²) in [6.45, 7) is 6.96. The van der Waals surface area contributed by atoms with Gasteiger partial charge in [0, 0.05) is 24.2 Å². The smallest absolute Gasteiger partial charge is 0.224 e. The number of nitrogens with two attached hydrogens (primary N) is 1. The Morgan fingerprint density at radius 2 is 2.33 bits per heavy atom. The third-order valence-electron chi connectivity index (χ3n) is 2.20. The predicted octanol–water partition coefficient (Wildman–Crippen LogP) is 1.05. The van der Waals surface area contributed by atoms with Gasteiger partial charge in [-0.15, -0.1) is 11.3 Å². The number of primary amides is 1. The number of carbonyl (C=O) groups is 1. The molecule has 1 amide bonds. The molecule has 0 saturated heterocycles. The number of carbonyl (C=O) groups excluding carboxylic acids is 1. The minimum Gasteiger partial charge on any atom is -0.369 e. The van der Waals surface area contributed by atoms with Crippen LogP contribution in [0.25, 0.3) is 0 Å². The minimum absolute atomic E-state index is 0.282. The van der Waals surface area contributed by atoms with Crippen LogP contribution in [0.5, 0.6) is 0 Å². The SMILES string of the molecule is Cc1ncc(CNCC(C)(C)C(N)=O)s1. The van der Waals surface area contributed by atoms with Gasteiger partial charge < -0.3 is 11.1 Å². The van der Waals surface area contributed by atoms with Crippen molar-refractivity contribution in [2.24, 2.45) is 11.1 Å². The predicted molar refractivity (Wildman–Crippen MR) is 61.5 cm³/mol. The van der Waals surface area contributed by atoms with Gasteiger partial charge in [0.1, 0.15) is 0 Å². The molecule has 5 heteroatoms. The van der Waals surface area contributed by atoms with Crippen LogP contribution in [0.2, 0.25) is 0 Å².